The summed E-state index contributed by atoms with van der Waals surface area (Å²) in [6, 6.07) is 18.9. The third kappa shape index (κ3) is 7.48. The van der Waals surface area contributed by atoms with Crippen molar-refractivity contribution in [3.63, 3.8) is 0 Å². The van der Waals surface area contributed by atoms with Gasteiger partial charge in [-0.2, -0.15) is 31.4 Å². The standard InChI is InChI=1S/C30H26F6N4O4/c31-29(32,33)18-39-14-12-21(13-15-39)20-10-8-19(9-11-20)17-43-24-6-2-1-4-22(24)23-5-3-7-26(38-23)40-27(30(34,35)36)25(16-37-40)44-28(41)42/h1-11,16,21H,12-15,17-18H2,(H,41,42). The second-order valence-electron chi connectivity index (χ2n) is 10.2. The Morgan fingerprint density at radius 1 is 0.909 bits per heavy atom. The van der Waals surface area contributed by atoms with Gasteiger partial charge in [-0.05, 0) is 67.2 Å². The molecule has 232 valence electrons. The zero-order chi connectivity index (χ0) is 31.5. The van der Waals surface area contributed by atoms with Crippen LogP contribution in [0.1, 0.15) is 35.6 Å². The van der Waals surface area contributed by atoms with Crippen LogP contribution in [0, 0.1) is 0 Å². The van der Waals surface area contributed by atoms with Crippen molar-refractivity contribution >= 4 is 6.16 Å². The molecule has 14 heteroatoms. The summed E-state index contributed by atoms with van der Waals surface area (Å²) >= 11 is 0. The number of likely N-dealkylation sites (tertiary alicyclic amines) is 1. The van der Waals surface area contributed by atoms with Gasteiger partial charge in [0.2, 0.25) is 0 Å². The Morgan fingerprint density at radius 2 is 1.61 bits per heavy atom. The Bertz CT molecular complexity index is 1600. The molecule has 4 aromatic rings. The highest BCUT2D eigenvalue weighted by atomic mass is 19.4. The van der Waals surface area contributed by atoms with Crippen LogP contribution in [-0.2, 0) is 12.8 Å². The number of rotatable bonds is 8. The number of pyridine rings is 1. The lowest BCUT2D eigenvalue weighted by Gasteiger charge is -2.32. The van der Waals surface area contributed by atoms with Gasteiger partial charge in [-0.25, -0.2) is 14.5 Å². The predicted octanol–water partition coefficient (Wildman–Crippen LogP) is 7.33. The molecule has 1 aliphatic heterocycles. The second-order valence-corrected chi connectivity index (χ2v) is 10.2. The smallest absolute Gasteiger partial charge is 0.488 e. The van der Waals surface area contributed by atoms with E-state index < -0.39 is 36.5 Å². The number of piperidine rings is 1. The summed E-state index contributed by atoms with van der Waals surface area (Å²) in [5.41, 5.74) is 1.26. The Labute approximate surface area is 247 Å². The monoisotopic (exact) mass is 620 g/mol. The molecule has 0 aliphatic carbocycles. The molecule has 5 rings (SSSR count). The van der Waals surface area contributed by atoms with Crippen LogP contribution in [0.15, 0.2) is 72.9 Å². The van der Waals surface area contributed by atoms with Gasteiger partial charge >= 0.3 is 18.5 Å². The Hall–Kier alpha value is -4.59. The summed E-state index contributed by atoms with van der Waals surface area (Å²) in [5, 5.41) is 12.5. The molecule has 0 radical (unpaired) electrons. The molecular formula is C30H26F6N4O4. The molecule has 8 nitrogen and oxygen atoms in total. The van der Waals surface area contributed by atoms with Crippen LogP contribution in [-0.4, -0.2) is 56.7 Å². The average molecular weight is 621 g/mol. The van der Waals surface area contributed by atoms with Crippen LogP contribution in [0.2, 0.25) is 0 Å². The number of alkyl halides is 6. The third-order valence-corrected chi connectivity index (χ3v) is 7.15. The van der Waals surface area contributed by atoms with Crippen LogP contribution < -0.4 is 9.47 Å². The van der Waals surface area contributed by atoms with Gasteiger partial charge in [-0.3, -0.25) is 4.90 Å². The van der Waals surface area contributed by atoms with Gasteiger partial charge in [-0.15, -0.1) is 0 Å². The largest absolute Gasteiger partial charge is 0.511 e. The van der Waals surface area contributed by atoms with Gasteiger partial charge in [0.15, 0.2) is 17.3 Å². The summed E-state index contributed by atoms with van der Waals surface area (Å²) < 4.78 is 90.2. The summed E-state index contributed by atoms with van der Waals surface area (Å²) in [5.74, 6) is -0.596. The van der Waals surface area contributed by atoms with E-state index in [0.29, 0.717) is 48.1 Å². The number of halogens is 6. The van der Waals surface area contributed by atoms with Gasteiger partial charge in [-0.1, -0.05) is 42.5 Å². The number of hydrogen-bond donors (Lipinski definition) is 1. The minimum absolute atomic E-state index is 0.174. The van der Waals surface area contributed by atoms with E-state index in [-0.39, 0.29) is 24.0 Å². The van der Waals surface area contributed by atoms with Gasteiger partial charge in [0.1, 0.15) is 12.4 Å². The molecule has 2 aromatic carbocycles. The van der Waals surface area contributed by atoms with E-state index in [1.54, 1.807) is 30.3 Å². The van der Waals surface area contributed by atoms with E-state index in [9.17, 15) is 31.1 Å². The maximum absolute atomic E-state index is 13.8. The predicted molar refractivity (Wildman–Crippen MR) is 146 cm³/mol. The van der Waals surface area contributed by atoms with Gasteiger partial charge in [0, 0.05) is 5.56 Å². The van der Waals surface area contributed by atoms with Crippen molar-refractivity contribution in [2.75, 3.05) is 19.6 Å². The Kier molecular flexibility index (Phi) is 8.81. The fourth-order valence-corrected chi connectivity index (χ4v) is 5.16. The fraction of sp³-hybridized carbons (Fsp3) is 0.300. The maximum atomic E-state index is 13.8. The van der Waals surface area contributed by atoms with Crippen LogP contribution >= 0.6 is 0 Å². The minimum Gasteiger partial charge on any atom is -0.488 e. The molecule has 2 aromatic heterocycles. The number of aromatic nitrogens is 3. The molecule has 1 fully saturated rings. The van der Waals surface area contributed by atoms with Gasteiger partial charge in [0.05, 0.1) is 18.4 Å². The van der Waals surface area contributed by atoms with E-state index in [2.05, 4.69) is 14.8 Å². The Balaban J connectivity index is 1.29. The zero-order valence-electron chi connectivity index (χ0n) is 23.0. The zero-order valence-corrected chi connectivity index (χ0v) is 23.0. The molecule has 0 atom stereocenters. The first-order valence-corrected chi connectivity index (χ1v) is 13.5. The summed E-state index contributed by atoms with van der Waals surface area (Å²) in [6.45, 7) is 0.0541. The molecule has 1 aliphatic rings. The molecule has 3 heterocycles. The van der Waals surface area contributed by atoms with E-state index in [1.807, 2.05) is 24.3 Å². The van der Waals surface area contributed by atoms with Crippen LogP contribution in [0.4, 0.5) is 31.1 Å². The van der Waals surface area contributed by atoms with Crippen molar-refractivity contribution in [2.45, 2.75) is 37.7 Å². The normalized spacial score (nSPS) is 14.9. The van der Waals surface area contributed by atoms with Gasteiger partial charge < -0.3 is 14.6 Å². The summed E-state index contributed by atoms with van der Waals surface area (Å²) in [4.78, 5) is 16.6. The average Bonchev–Trinajstić information content (AvgIpc) is 3.40. The van der Waals surface area contributed by atoms with E-state index in [0.717, 1.165) is 11.1 Å². The van der Waals surface area contributed by atoms with Crippen molar-refractivity contribution in [3.05, 3.63) is 89.7 Å². The van der Waals surface area contributed by atoms with Gasteiger partial charge in [0.25, 0.3) is 0 Å². The number of carboxylic acid groups (broad SMARTS) is 1. The molecule has 0 saturated carbocycles. The Morgan fingerprint density at radius 3 is 2.27 bits per heavy atom. The third-order valence-electron chi connectivity index (χ3n) is 7.15. The van der Waals surface area contributed by atoms with Crippen molar-refractivity contribution < 1.29 is 45.7 Å². The maximum Gasteiger partial charge on any atom is 0.511 e. The number of nitrogens with zero attached hydrogens (tertiary/aromatic N) is 4. The lowest BCUT2D eigenvalue weighted by atomic mass is 9.89. The number of hydrogen-bond acceptors (Lipinski definition) is 6. The topological polar surface area (TPSA) is 89.7 Å². The van der Waals surface area contributed by atoms with Crippen molar-refractivity contribution in [1.82, 2.24) is 19.7 Å². The molecule has 0 unspecified atom stereocenters. The first-order chi connectivity index (χ1) is 20.9. The van der Waals surface area contributed by atoms with Crippen molar-refractivity contribution in [1.29, 1.82) is 0 Å². The highest BCUT2D eigenvalue weighted by Gasteiger charge is 2.41. The summed E-state index contributed by atoms with van der Waals surface area (Å²) in [6.07, 6.45) is -9.16. The molecule has 0 amide bonds. The molecule has 1 saturated heterocycles. The first-order valence-electron chi connectivity index (χ1n) is 13.5. The lowest BCUT2D eigenvalue weighted by Crippen LogP contribution is -2.39. The molecule has 44 heavy (non-hydrogen) atoms. The van der Waals surface area contributed by atoms with Crippen LogP contribution in [0.5, 0.6) is 11.5 Å². The van der Waals surface area contributed by atoms with Crippen molar-refractivity contribution in [2.24, 2.45) is 0 Å². The number of benzene rings is 2. The van der Waals surface area contributed by atoms with E-state index in [4.69, 9.17) is 9.84 Å². The SMILES string of the molecule is O=C(O)Oc1cnn(-c2cccc(-c3ccccc3OCc3ccc(C4CCN(CC(F)(F)F)CC4)cc3)n2)c1C(F)(F)F. The lowest BCUT2D eigenvalue weighted by molar-refractivity contribution is -0.148. The number of ether oxygens (including phenoxy) is 2. The highest BCUT2D eigenvalue weighted by molar-refractivity contribution is 5.68. The highest BCUT2D eigenvalue weighted by Crippen LogP contribution is 2.38. The number of carbonyl (C=O) groups is 1. The summed E-state index contributed by atoms with van der Waals surface area (Å²) in [7, 11) is 0. The molecule has 0 bridgehead atoms. The fourth-order valence-electron chi connectivity index (χ4n) is 5.16. The van der Waals surface area contributed by atoms with Crippen LogP contribution in [0.25, 0.3) is 17.1 Å². The molecule has 0 spiro atoms. The van der Waals surface area contributed by atoms with Crippen LogP contribution in [0.3, 0.4) is 0 Å². The molecular weight excluding hydrogens is 594 g/mol. The molecule has 1 N–H and O–H groups in total. The minimum atomic E-state index is -4.99. The first kappa shape index (κ1) is 30.9. The number of para-hydroxylation sites is 1. The van der Waals surface area contributed by atoms with Crippen molar-refractivity contribution in [3.8, 4) is 28.6 Å². The second kappa shape index (κ2) is 12.6. The van der Waals surface area contributed by atoms with E-state index in [1.165, 1.54) is 17.0 Å². The van der Waals surface area contributed by atoms with E-state index >= 15 is 0 Å². The quantitative estimate of drug-likeness (QED) is 0.163.